The van der Waals surface area contributed by atoms with Crippen LogP contribution in [0.25, 0.3) is 0 Å². The number of nitrogens with one attached hydrogen (secondary N) is 2. The van der Waals surface area contributed by atoms with Crippen molar-refractivity contribution in [2.45, 2.75) is 44.7 Å². The monoisotopic (exact) mass is 430 g/mol. The largest absolute Gasteiger partial charge is 0.338 e. The van der Waals surface area contributed by atoms with Crippen LogP contribution in [0, 0.1) is 19.8 Å². The van der Waals surface area contributed by atoms with Gasteiger partial charge in [0.15, 0.2) is 0 Å². The average Bonchev–Trinajstić information content (AvgIpc) is 3.03. The summed E-state index contributed by atoms with van der Waals surface area (Å²) in [4.78, 5) is 14.9. The van der Waals surface area contributed by atoms with Crippen molar-refractivity contribution in [2.24, 2.45) is 11.1 Å². The van der Waals surface area contributed by atoms with E-state index in [4.69, 9.17) is 5.14 Å². The second-order valence-electron chi connectivity index (χ2n) is 8.16. The molecule has 1 aliphatic heterocycles. The van der Waals surface area contributed by atoms with Gasteiger partial charge in [-0.15, -0.1) is 0 Å². The van der Waals surface area contributed by atoms with Gasteiger partial charge in [0.1, 0.15) is 0 Å². The van der Waals surface area contributed by atoms with Crippen molar-refractivity contribution in [3.05, 3.63) is 59.2 Å². The van der Waals surface area contributed by atoms with Crippen LogP contribution in [0.15, 0.2) is 47.4 Å². The number of hydrogen-bond donors (Lipinski definition) is 3. The lowest BCUT2D eigenvalue weighted by molar-refractivity contribution is 0.246. The molecular weight excluding hydrogens is 400 g/mol. The number of carbonyl (C=O) groups excluding carboxylic acids is 1. The van der Waals surface area contributed by atoms with Gasteiger partial charge in [0, 0.05) is 31.4 Å². The van der Waals surface area contributed by atoms with Gasteiger partial charge in [0.05, 0.1) is 4.90 Å². The van der Waals surface area contributed by atoms with E-state index in [2.05, 4.69) is 34.6 Å². The van der Waals surface area contributed by atoms with Gasteiger partial charge in [0.25, 0.3) is 0 Å². The Bertz CT molecular complexity index is 1010. The first-order valence-electron chi connectivity index (χ1n) is 10.1. The number of nitrogens with two attached hydrogens (primary N) is 1. The van der Waals surface area contributed by atoms with E-state index in [1.807, 2.05) is 25.1 Å². The molecule has 0 saturated carbocycles. The molecule has 1 aliphatic rings. The summed E-state index contributed by atoms with van der Waals surface area (Å²) in [7, 11) is -3.84. The highest BCUT2D eigenvalue weighted by Gasteiger charge is 2.29. The summed E-state index contributed by atoms with van der Waals surface area (Å²) in [5.41, 5.74) is 3.29. The Kier molecular flexibility index (Phi) is 6.80. The lowest BCUT2D eigenvalue weighted by Gasteiger charge is -2.21. The third kappa shape index (κ3) is 5.59. The summed E-state index contributed by atoms with van der Waals surface area (Å²) in [5, 5.41) is 10.9. The van der Waals surface area contributed by atoms with Crippen LogP contribution in [-0.2, 0) is 16.6 Å². The maximum Gasteiger partial charge on any atom is 0.319 e. The molecule has 0 spiro atoms. The average molecular weight is 431 g/mol. The molecule has 3 rings (SSSR count). The van der Waals surface area contributed by atoms with E-state index in [-0.39, 0.29) is 10.9 Å². The third-order valence-corrected chi connectivity index (χ3v) is 6.68. The Balaban J connectivity index is 1.56. The molecule has 8 heteroatoms. The van der Waals surface area contributed by atoms with Crippen LogP contribution < -0.4 is 15.8 Å². The zero-order chi connectivity index (χ0) is 21.9. The van der Waals surface area contributed by atoms with Gasteiger partial charge in [-0.2, -0.15) is 0 Å². The molecule has 1 heterocycles. The second-order valence-corrected chi connectivity index (χ2v) is 9.72. The highest BCUT2D eigenvalue weighted by molar-refractivity contribution is 7.89. The van der Waals surface area contributed by atoms with Gasteiger partial charge in [-0.05, 0) is 61.9 Å². The topological polar surface area (TPSA) is 105 Å². The fourth-order valence-electron chi connectivity index (χ4n) is 3.93. The number of rotatable bonds is 6. The Morgan fingerprint density at radius 3 is 2.57 bits per heavy atom. The number of sulfonamides is 1. The Labute approximate surface area is 178 Å². The maximum absolute atomic E-state index is 12.4. The predicted molar refractivity (Wildman–Crippen MR) is 119 cm³/mol. The number of benzene rings is 2. The molecule has 0 bridgehead atoms. The van der Waals surface area contributed by atoms with Crippen molar-refractivity contribution in [1.29, 1.82) is 0 Å². The molecule has 0 radical (unpaired) electrons. The van der Waals surface area contributed by atoms with Crippen LogP contribution in [0.1, 0.15) is 30.0 Å². The first-order chi connectivity index (χ1) is 14.1. The van der Waals surface area contributed by atoms with Crippen molar-refractivity contribution in [3.63, 3.8) is 0 Å². The normalized spacial score (nSPS) is 19.6. The number of nitrogens with zero attached hydrogens (tertiary/aromatic N) is 1. The van der Waals surface area contributed by atoms with Gasteiger partial charge >= 0.3 is 6.03 Å². The van der Waals surface area contributed by atoms with E-state index in [0.717, 1.165) is 30.6 Å². The maximum atomic E-state index is 12.4. The lowest BCUT2D eigenvalue weighted by atomic mass is 10.1. The van der Waals surface area contributed by atoms with E-state index >= 15 is 0 Å². The van der Waals surface area contributed by atoms with Gasteiger partial charge < -0.3 is 10.6 Å². The molecule has 2 aromatic rings. The van der Waals surface area contributed by atoms with E-state index in [1.54, 1.807) is 6.92 Å². The van der Waals surface area contributed by atoms with Gasteiger partial charge in [0.2, 0.25) is 10.0 Å². The highest BCUT2D eigenvalue weighted by Crippen LogP contribution is 2.25. The molecule has 2 unspecified atom stereocenters. The zero-order valence-corrected chi connectivity index (χ0v) is 18.5. The molecular formula is C22H30N4O3S. The van der Waals surface area contributed by atoms with E-state index in [1.165, 1.54) is 17.7 Å². The van der Waals surface area contributed by atoms with Gasteiger partial charge in [-0.3, -0.25) is 4.90 Å². The van der Waals surface area contributed by atoms with Crippen molar-refractivity contribution < 1.29 is 13.2 Å². The summed E-state index contributed by atoms with van der Waals surface area (Å²) in [6, 6.07) is 13.4. The number of likely N-dealkylation sites (tertiary alicyclic amines) is 1. The predicted octanol–water partition coefficient (Wildman–Crippen LogP) is 2.98. The molecule has 0 aromatic heterocycles. The smallest absolute Gasteiger partial charge is 0.319 e. The van der Waals surface area contributed by atoms with Crippen LogP contribution >= 0.6 is 0 Å². The fourth-order valence-corrected chi connectivity index (χ4v) is 4.55. The molecule has 1 fully saturated rings. The molecule has 2 atom stereocenters. The number of anilines is 1. The summed E-state index contributed by atoms with van der Waals surface area (Å²) in [5.74, 6) is 0.369. The van der Waals surface area contributed by atoms with E-state index < -0.39 is 10.0 Å². The highest BCUT2D eigenvalue weighted by atomic mass is 32.2. The number of hydrogen-bond acceptors (Lipinski definition) is 4. The number of carbonyl (C=O) groups is 1. The molecule has 1 saturated heterocycles. The minimum Gasteiger partial charge on any atom is -0.338 e. The van der Waals surface area contributed by atoms with Crippen molar-refractivity contribution in [2.75, 3.05) is 18.4 Å². The van der Waals surface area contributed by atoms with Crippen LogP contribution in [0.5, 0.6) is 0 Å². The zero-order valence-electron chi connectivity index (χ0n) is 17.7. The fraction of sp³-hybridized carbons (Fsp3) is 0.409. The number of primary sulfonamides is 1. The summed E-state index contributed by atoms with van der Waals surface area (Å²) in [6.07, 6.45) is 1.02. The quantitative estimate of drug-likeness (QED) is 0.655. The van der Waals surface area contributed by atoms with E-state index in [9.17, 15) is 13.2 Å². The third-order valence-electron chi connectivity index (χ3n) is 5.79. The first kappa shape index (κ1) is 22.3. The SMILES string of the molecule is Cc1cc(S(N)(=O)=O)cc(NC(=O)NCC2CC(C)N(Cc3ccccc3)C2)c1C. The molecule has 7 nitrogen and oxygen atoms in total. The summed E-state index contributed by atoms with van der Waals surface area (Å²) >= 11 is 0. The van der Waals surface area contributed by atoms with Crippen LogP contribution in [-0.4, -0.2) is 38.5 Å². The van der Waals surface area contributed by atoms with Crippen LogP contribution in [0.4, 0.5) is 10.5 Å². The van der Waals surface area contributed by atoms with Crippen LogP contribution in [0.2, 0.25) is 0 Å². The minimum absolute atomic E-state index is 0.0120. The molecule has 2 aromatic carbocycles. The Morgan fingerprint density at radius 1 is 1.20 bits per heavy atom. The number of urea groups is 1. The molecule has 4 N–H and O–H groups in total. The lowest BCUT2D eigenvalue weighted by Crippen LogP contribution is -2.34. The molecule has 162 valence electrons. The molecule has 0 aliphatic carbocycles. The summed E-state index contributed by atoms with van der Waals surface area (Å²) < 4.78 is 23.3. The Hall–Kier alpha value is -2.42. The molecule has 30 heavy (non-hydrogen) atoms. The number of amides is 2. The van der Waals surface area contributed by atoms with E-state index in [0.29, 0.717) is 24.2 Å². The Morgan fingerprint density at radius 2 is 1.90 bits per heavy atom. The standard InChI is InChI=1S/C22H30N4O3S/c1-15-9-20(30(23,28)29)11-21(17(15)3)25-22(27)24-12-19-10-16(2)26(14-19)13-18-7-5-4-6-8-18/h4-9,11,16,19H,10,12-14H2,1-3H3,(H2,23,28,29)(H2,24,25,27). The van der Waals surface area contributed by atoms with Gasteiger partial charge in [-0.25, -0.2) is 18.4 Å². The van der Waals surface area contributed by atoms with Crippen molar-refractivity contribution in [3.8, 4) is 0 Å². The number of aryl methyl sites for hydroxylation is 1. The van der Waals surface area contributed by atoms with Gasteiger partial charge in [-0.1, -0.05) is 30.3 Å². The van der Waals surface area contributed by atoms with Crippen LogP contribution in [0.3, 0.4) is 0 Å². The van der Waals surface area contributed by atoms with Crippen molar-refractivity contribution in [1.82, 2.24) is 10.2 Å². The molecule has 2 amide bonds. The summed E-state index contributed by atoms with van der Waals surface area (Å²) in [6.45, 7) is 8.23. The second kappa shape index (κ2) is 9.16. The minimum atomic E-state index is -3.84. The van der Waals surface area contributed by atoms with Crippen molar-refractivity contribution >= 4 is 21.7 Å². The first-order valence-corrected chi connectivity index (χ1v) is 11.6.